The third-order valence-corrected chi connectivity index (χ3v) is 4.62. The van der Waals surface area contributed by atoms with Gasteiger partial charge >= 0.3 is 11.9 Å². The largest absolute Gasteiger partial charge is 0.480 e. The van der Waals surface area contributed by atoms with E-state index in [1.165, 1.54) is 12.1 Å². The molecular weight excluding hydrogens is 338 g/mol. The Morgan fingerprint density at radius 1 is 1.38 bits per heavy atom. The molecule has 8 heteroatoms. The van der Waals surface area contributed by atoms with Gasteiger partial charge in [-0.25, -0.2) is 9.59 Å². The van der Waals surface area contributed by atoms with Crippen molar-refractivity contribution < 1.29 is 29.3 Å². The number of hydrogen-bond donors (Lipinski definition) is 2. The number of carbonyl (C=O) groups excluding carboxylic acids is 2. The molecule has 2 aliphatic heterocycles. The standard InChI is InChI=1S/C16H16ClNO6/c1-7-2-10-11(16(23)24-7)3-8(4-12(10)17)14(20)18-6-9(19)5-13(18)15(21)22/h3-4,7,9,13,19H,2,5-6H2,1H3,(H,21,22)/t7?,9?,13-/m0/s1. The molecule has 2 aliphatic rings. The molecule has 1 fully saturated rings. The number of rotatable bonds is 2. The highest BCUT2D eigenvalue weighted by molar-refractivity contribution is 6.32. The first-order valence-corrected chi connectivity index (χ1v) is 7.91. The minimum absolute atomic E-state index is 0.0285. The molecule has 2 unspecified atom stereocenters. The zero-order valence-corrected chi connectivity index (χ0v) is 13.6. The van der Waals surface area contributed by atoms with Crippen LogP contribution in [0.5, 0.6) is 0 Å². The molecule has 7 nitrogen and oxygen atoms in total. The van der Waals surface area contributed by atoms with Gasteiger partial charge in [0.1, 0.15) is 12.1 Å². The summed E-state index contributed by atoms with van der Waals surface area (Å²) in [7, 11) is 0. The SMILES string of the molecule is CC1Cc2c(Cl)cc(C(=O)N3CC(O)C[C@H]3C(=O)O)cc2C(=O)O1. The Labute approximate surface area is 142 Å². The van der Waals surface area contributed by atoms with Crippen LogP contribution in [0.3, 0.4) is 0 Å². The lowest BCUT2D eigenvalue weighted by molar-refractivity contribution is -0.141. The maximum atomic E-state index is 12.7. The van der Waals surface area contributed by atoms with E-state index in [0.29, 0.717) is 12.0 Å². The molecule has 0 spiro atoms. The molecule has 24 heavy (non-hydrogen) atoms. The lowest BCUT2D eigenvalue weighted by Crippen LogP contribution is -2.40. The number of carboxylic acid groups (broad SMARTS) is 1. The van der Waals surface area contributed by atoms with Gasteiger partial charge in [0.2, 0.25) is 0 Å². The van der Waals surface area contributed by atoms with Crippen molar-refractivity contribution in [3.05, 3.63) is 33.8 Å². The predicted octanol–water partition coefficient (Wildman–Crippen LogP) is 1.10. The quantitative estimate of drug-likeness (QED) is 0.772. The average Bonchev–Trinajstić information content (AvgIpc) is 2.89. The molecule has 128 valence electrons. The Morgan fingerprint density at radius 3 is 2.75 bits per heavy atom. The Morgan fingerprint density at radius 2 is 2.08 bits per heavy atom. The van der Waals surface area contributed by atoms with Crippen LogP contribution in [0.25, 0.3) is 0 Å². The summed E-state index contributed by atoms with van der Waals surface area (Å²) in [6.45, 7) is 1.67. The normalized spacial score (nSPS) is 26.0. The van der Waals surface area contributed by atoms with E-state index in [1.807, 2.05) is 0 Å². The number of ether oxygens (including phenoxy) is 1. The number of amides is 1. The fourth-order valence-electron chi connectivity index (χ4n) is 3.16. The predicted molar refractivity (Wildman–Crippen MR) is 83.1 cm³/mol. The van der Waals surface area contributed by atoms with Gasteiger partial charge in [0.05, 0.1) is 11.7 Å². The highest BCUT2D eigenvalue weighted by Crippen LogP contribution is 2.30. The Hall–Kier alpha value is -2.12. The van der Waals surface area contributed by atoms with Gasteiger partial charge in [-0.1, -0.05) is 11.6 Å². The number of halogens is 1. The third-order valence-electron chi connectivity index (χ3n) is 4.29. The Bertz CT molecular complexity index is 734. The summed E-state index contributed by atoms with van der Waals surface area (Å²) in [6, 6.07) is 1.70. The van der Waals surface area contributed by atoms with Crippen molar-refractivity contribution in [2.75, 3.05) is 6.54 Å². The minimum atomic E-state index is -1.18. The number of aliphatic hydroxyl groups excluding tert-OH is 1. The van der Waals surface area contributed by atoms with Crippen LogP contribution in [0.15, 0.2) is 12.1 Å². The summed E-state index contributed by atoms with van der Waals surface area (Å²) in [5.41, 5.74) is 0.939. The van der Waals surface area contributed by atoms with Gasteiger partial charge in [-0.3, -0.25) is 4.79 Å². The summed E-state index contributed by atoms with van der Waals surface area (Å²) in [4.78, 5) is 37.0. The molecule has 3 rings (SSSR count). The van der Waals surface area contributed by atoms with E-state index < -0.39 is 30.0 Å². The summed E-state index contributed by atoms with van der Waals surface area (Å²) in [5.74, 6) is -2.33. The summed E-state index contributed by atoms with van der Waals surface area (Å²) >= 11 is 6.21. The highest BCUT2D eigenvalue weighted by Gasteiger charge is 2.40. The lowest BCUT2D eigenvalue weighted by Gasteiger charge is -2.25. The number of likely N-dealkylation sites (tertiary alicyclic amines) is 1. The molecular formula is C16H16ClNO6. The second-order valence-electron chi connectivity index (χ2n) is 6.11. The number of nitrogens with zero attached hydrogens (tertiary/aromatic N) is 1. The number of carbonyl (C=O) groups is 3. The molecule has 2 heterocycles. The molecule has 1 amide bonds. The number of aliphatic carboxylic acids is 1. The van der Waals surface area contributed by atoms with Crippen LogP contribution in [0.2, 0.25) is 5.02 Å². The second kappa shape index (κ2) is 6.07. The van der Waals surface area contributed by atoms with Crippen molar-refractivity contribution >= 4 is 29.4 Å². The van der Waals surface area contributed by atoms with E-state index in [0.717, 1.165) is 4.90 Å². The van der Waals surface area contributed by atoms with Crippen LogP contribution in [0, 0.1) is 0 Å². The number of carboxylic acids is 1. The molecule has 0 aromatic heterocycles. The number of esters is 1. The van der Waals surface area contributed by atoms with Gasteiger partial charge in [0.15, 0.2) is 0 Å². The number of β-amino-alcohol motifs (C(OH)–C–C–N with tert-alkyl or cyclic N) is 1. The van der Waals surface area contributed by atoms with Crippen LogP contribution < -0.4 is 0 Å². The van der Waals surface area contributed by atoms with Gasteiger partial charge in [-0.15, -0.1) is 0 Å². The van der Waals surface area contributed by atoms with Gasteiger partial charge in [0.25, 0.3) is 5.91 Å². The fraction of sp³-hybridized carbons (Fsp3) is 0.438. The fourth-order valence-corrected chi connectivity index (χ4v) is 3.46. The number of benzene rings is 1. The van der Waals surface area contributed by atoms with E-state index in [1.54, 1.807) is 6.92 Å². The maximum Gasteiger partial charge on any atom is 0.338 e. The van der Waals surface area contributed by atoms with Crippen LogP contribution in [-0.2, 0) is 16.0 Å². The van der Waals surface area contributed by atoms with E-state index in [2.05, 4.69) is 0 Å². The van der Waals surface area contributed by atoms with Gasteiger partial charge in [-0.2, -0.15) is 0 Å². The molecule has 1 aromatic rings. The van der Waals surface area contributed by atoms with Crippen molar-refractivity contribution in [2.45, 2.75) is 38.0 Å². The van der Waals surface area contributed by atoms with Gasteiger partial charge < -0.3 is 19.8 Å². The first kappa shape index (κ1) is 16.7. The Balaban J connectivity index is 1.97. The van der Waals surface area contributed by atoms with Crippen LogP contribution in [-0.4, -0.2) is 57.8 Å². The molecule has 1 aromatic carbocycles. The molecule has 3 atom stereocenters. The van der Waals surface area contributed by atoms with Crippen molar-refractivity contribution in [3.8, 4) is 0 Å². The smallest absolute Gasteiger partial charge is 0.338 e. The molecule has 0 bridgehead atoms. The zero-order valence-electron chi connectivity index (χ0n) is 12.9. The molecule has 2 N–H and O–H groups in total. The summed E-state index contributed by atoms with van der Waals surface area (Å²) in [6.07, 6.45) is -0.767. The Kier molecular flexibility index (Phi) is 4.23. The number of cyclic esters (lactones) is 1. The summed E-state index contributed by atoms with van der Waals surface area (Å²) in [5, 5.41) is 19.2. The van der Waals surface area contributed by atoms with Crippen LogP contribution in [0.4, 0.5) is 0 Å². The molecule has 0 saturated carbocycles. The third kappa shape index (κ3) is 2.85. The van der Waals surface area contributed by atoms with Gasteiger partial charge in [0, 0.05) is 30.0 Å². The molecule has 1 saturated heterocycles. The monoisotopic (exact) mass is 353 g/mol. The first-order chi connectivity index (χ1) is 11.3. The van der Waals surface area contributed by atoms with E-state index in [-0.39, 0.29) is 35.2 Å². The van der Waals surface area contributed by atoms with Crippen molar-refractivity contribution in [3.63, 3.8) is 0 Å². The van der Waals surface area contributed by atoms with E-state index >= 15 is 0 Å². The number of aliphatic hydroxyl groups is 1. The van der Waals surface area contributed by atoms with Crippen LogP contribution >= 0.6 is 11.6 Å². The summed E-state index contributed by atoms with van der Waals surface area (Å²) < 4.78 is 5.15. The minimum Gasteiger partial charge on any atom is -0.480 e. The van der Waals surface area contributed by atoms with Gasteiger partial charge in [-0.05, 0) is 24.6 Å². The van der Waals surface area contributed by atoms with E-state index in [9.17, 15) is 24.6 Å². The number of hydrogen-bond acceptors (Lipinski definition) is 5. The molecule has 0 aliphatic carbocycles. The maximum absolute atomic E-state index is 12.7. The van der Waals surface area contributed by atoms with Crippen LogP contribution in [0.1, 0.15) is 39.6 Å². The first-order valence-electron chi connectivity index (χ1n) is 7.53. The number of fused-ring (bicyclic) bond motifs is 1. The lowest BCUT2D eigenvalue weighted by atomic mass is 9.96. The molecule has 0 radical (unpaired) electrons. The van der Waals surface area contributed by atoms with Crippen molar-refractivity contribution in [1.82, 2.24) is 4.90 Å². The van der Waals surface area contributed by atoms with E-state index in [4.69, 9.17) is 16.3 Å². The van der Waals surface area contributed by atoms with Crippen molar-refractivity contribution in [2.24, 2.45) is 0 Å². The highest BCUT2D eigenvalue weighted by atomic mass is 35.5. The second-order valence-corrected chi connectivity index (χ2v) is 6.51. The van der Waals surface area contributed by atoms with Crippen molar-refractivity contribution in [1.29, 1.82) is 0 Å². The zero-order chi connectivity index (χ0) is 17.6. The topological polar surface area (TPSA) is 104 Å². The average molecular weight is 354 g/mol.